The van der Waals surface area contributed by atoms with Gasteiger partial charge in [0.25, 0.3) is 0 Å². The molecule has 0 aliphatic heterocycles. The van der Waals surface area contributed by atoms with E-state index in [0.29, 0.717) is 6.42 Å². The molecule has 0 fully saturated rings. The van der Waals surface area contributed by atoms with Crippen molar-refractivity contribution in [2.24, 2.45) is 0 Å². The first-order valence-corrected chi connectivity index (χ1v) is 3.75. The Morgan fingerprint density at radius 2 is 1.69 bits per heavy atom. The SMILES string of the molecule is [Mg+2].[O-]B([O-])c1ccc(CCO)cc1. The van der Waals surface area contributed by atoms with E-state index in [4.69, 9.17) is 5.11 Å². The molecule has 0 bridgehead atoms. The van der Waals surface area contributed by atoms with E-state index in [1.807, 2.05) is 0 Å². The molecule has 64 valence electrons. The maximum absolute atomic E-state index is 10.4. The third kappa shape index (κ3) is 4.10. The summed E-state index contributed by atoms with van der Waals surface area (Å²) in [5.74, 6) is 0. The van der Waals surface area contributed by atoms with Gasteiger partial charge in [-0.25, -0.2) is 0 Å². The molecule has 3 nitrogen and oxygen atoms in total. The fourth-order valence-electron chi connectivity index (χ4n) is 0.971. The van der Waals surface area contributed by atoms with Gasteiger partial charge in [0.1, 0.15) is 0 Å². The van der Waals surface area contributed by atoms with Gasteiger partial charge in [0, 0.05) is 6.61 Å². The van der Waals surface area contributed by atoms with E-state index < -0.39 is 7.12 Å². The van der Waals surface area contributed by atoms with Crippen LogP contribution in [0.4, 0.5) is 0 Å². The predicted molar refractivity (Wildman–Crippen MR) is 48.4 cm³/mol. The summed E-state index contributed by atoms with van der Waals surface area (Å²) in [6, 6.07) is 6.40. The molecular weight excluding hydrogens is 179 g/mol. The van der Waals surface area contributed by atoms with E-state index in [0.717, 1.165) is 5.56 Å². The summed E-state index contributed by atoms with van der Waals surface area (Å²) >= 11 is 0. The molecule has 1 aromatic rings. The van der Waals surface area contributed by atoms with Crippen LogP contribution in [0.3, 0.4) is 0 Å². The zero-order valence-corrected chi connectivity index (χ0v) is 8.69. The molecule has 0 aromatic heterocycles. The van der Waals surface area contributed by atoms with Crippen LogP contribution < -0.4 is 15.5 Å². The molecule has 0 atom stereocenters. The molecule has 0 unspecified atom stereocenters. The Balaban J connectivity index is 0.00000144. The molecule has 0 saturated carbocycles. The zero-order valence-electron chi connectivity index (χ0n) is 7.27. The van der Waals surface area contributed by atoms with Gasteiger partial charge in [-0.05, 0) is 12.0 Å². The van der Waals surface area contributed by atoms with Crippen molar-refractivity contribution < 1.29 is 15.2 Å². The van der Waals surface area contributed by atoms with Crippen LogP contribution in [0.25, 0.3) is 0 Å². The minimum Gasteiger partial charge on any atom is -0.889 e. The quantitative estimate of drug-likeness (QED) is 0.523. The Hall–Kier alpha value is -0.0688. The standard InChI is InChI=1S/C8H9BO3.Mg/c10-6-5-7-1-3-8(4-2-7)9(11)12;/h1-4,10H,5-6H2;/q-2;+2. The van der Waals surface area contributed by atoms with Crippen LogP contribution in [0, 0.1) is 0 Å². The molecule has 0 amide bonds. The average molecular weight is 188 g/mol. The van der Waals surface area contributed by atoms with E-state index in [2.05, 4.69) is 0 Å². The number of hydrogen-bond donors (Lipinski definition) is 1. The summed E-state index contributed by atoms with van der Waals surface area (Å²) in [5.41, 5.74) is 1.18. The molecule has 0 aliphatic carbocycles. The summed E-state index contributed by atoms with van der Waals surface area (Å²) < 4.78 is 0. The van der Waals surface area contributed by atoms with E-state index in [1.165, 1.54) is 12.1 Å². The second-order valence-electron chi connectivity index (χ2n) is 2.55. The van der Waals surface area contributed by atoms with Gasteiger partial charge in [0.15, 0.2) is 0 Å². The fraction of sp³-hybridized carbons (Fsp3) is 0.250. The molecule has 5 heteroatoms. The van der Waals surface area contributed by atoms with Crippen LogP contribution in [0.1, 0.15) is 5.56 Å². The Labute approximate surface area is 93.7 Å². The van der Waals surface area contributed by atoms with E-state index >= 15 is 0 Å². The third-order valence-corrected chi connectivity index (χ3v) is 1.65. The molecule has 0 spiro atoms. The molecule has 1 N–H and O–H groups in total. The Kier molecular flexibility index (Phi) is 6.36. The van der Waals surface area contributed by atoms with Gasteiger partial charge in [0.05, 0.1) is 0 Å². The molecule has 13 heavy (non-hydrogen) atoms. The van der Waals surface area contributed by atoms with Gasteiger partial charge >= 0.3 is 23.1 Å². The van der Waals surface area contributed by atoms with Crippen molar-refractivity contribution in [3.05, 3.63) is 29.8 Å². The summed E-state index contributed by atoms with van der Waals surface area (Å²) in [5, 5.41) is 29.4. The van der Waals surface area contributed by atoms with Crippen molar-refractivity contribution in [3.8, 4) is 0 Å². The van der Waals surface area contributed by atoms with Crippen molar-refractivity contribution >= 4 is 35.6 Å². The first-order valence-electron chi connectivity index (χ1n) is 3.75. The third-order valence-electron chi connectivity index (χ3n) is 1.65. The zero-order chi connectivity index (χ0) is 8.97. The first kappa shape index (κ1) is 12.9. The topological polar surface area (TPSA) is 66.3 Å². The normalized spacial score (nSPS) is 9.15. The number of benzene rings is 1. The minimum atomic E-state index is -1.91. The van der Waals surface area contributed by atoms with Crippen molar-refractivity contribution in [1.29, 1.82) is 0 Å². The van der Waals surface area contributed by atoms with Crippen LogP contribution >= 0.6 is 0 Å². The fourth-order valence-corrected chi connectivity index (χ4v) is 0.971. The second-order valence-corrected chi connectivity index (χ2v) is 2.55. The first-order chi connectivity index (χ1) is 5.74. The van der Waals surface area contributed by atoms with Gasteiger partial charge < -0.3 is 15.2 Å². The summed E-state index contributed by atoms with van der Waals surface area (Å²) in [6.07, 6.45) is 0.558. The number of aliphatic hydroxyl groups excluding tert-OH is 1. The van der Waals surface area contributed by atoms with Gasteiger partial charge in [-0.1, -0.05) is 31.4 Å². The van der Waals surface area contributed by atoms with Gasteiger partial charge in [-0.2, -0.15) is 0 Å². The van der Waals surface area contributed by atoms with Crippen molar-refractivity contribution in [1.82, 2.24) is 0 Å². The van der Waals surface area contributed by atoms with Crippen LogP contribution in [0.5, 0.6) is 0 Å². The molecule has 0 radical (unpaired) electrons. The number of hydrogen-bond acceptors (Lipinski definition) is 3. The smallest absolute Gasteiger partial charge is 0.889 e. The van der Waals surface area contributed by atoms with E-state index in [9.17, 15) is 10.0 Å². The van der Waals surface area contributed by atoms with Crippen molar-refractivity contribution in [2.75, 3.05) is 6.61 Å². The number of rotatable bonds is 3. The second kappa shape index (κ2) is 6.39. The molecule has 0 saturated heterocycles. The van der Waals surface area contributed by atoms with E-state index in [1.54, 1.807) is 12.1 Å². The molecule has 0 heterocycles. The number of aliphatic hydroxyl groups is 1. The summed E-state index contributed by atoms with van der Waals surface area (Å²) in [6.45, 7) is 0.0809. The maximum atomic E-state index is 10.4. The van der Waals surface area contributed by atoms with Crippen LogP contribution in [-0.2, 0) is 6.42 Å². The van der Waals surface area contributed by atoms with Gasteiger partial charge in [-0.15, -0.1) is 5.46 Å². The van der Waals surface area contributed by atoms with Gasteiger partial charge in [-0.3, -0.25) is 0 Å². The van der Waals surface area contributed by atoms with Crippen molar-refractivity contribution in [2.45, 2.75) is 6.42 Å². The predicted octanol–water partition coefficient (Wildman–Crippen LogP) is -2.74. The Bertz CT molecular complexity index is 238. The minimum absolute atomic E-state index is 0. The average Bonchev–Trinajstić information content (AvgIpc) is 2.06. The maximum Gasteiger partial charge on any atom is 2.00 e. The Morgan fingerprint density at radius 3 is 2.08 bits per heavy atom. The van der Waals surface area contributed by atoms with Gasteiger partial charge in [0.2, 0.25) is 0 Å². The van der Waals surface area contributed by atoms with Crippen LogP contribution in [-0.4, -0.2) is 41.9 Å². The molecular formula is C8H9BMgO3. The largest absolute Gasteiger partial charge is 2.00 e. The molecule has 1 rings (SSSR count). The molecule has 1 aromatic carbocycles. The Morgan fingerprint density at radius 1 is 1.15 bits per heavy atom. The van der Waals surface area contributed by atoms with Crippen LogP contribution in [0.2, 0.25) is 0 Å². The monoisotopic (exact) mass is 188 g/mol. The summed E-state index contributed by atoms with van der Waals surface area (Å²) in [4.78, 5) is 0. The van der Waals surface area contributed by atoms with Crippen molar-refractivity contribution in [3.63, 3.8) is 0 Å². The van der Waals surface area contributed by atoms with Crippen LogP contribution in [0.15, 0.2) is 24.3 Å². The summed E-state index contributed by atoms with van der Waals surface area (Å²) in [7, 11) is -1.91. The molecule has 0 aliphatic rings. The van der Waals surface area contributed by atoms with E-state index in [-0.39, 0.29) is 35.1 Å².